The number of rotatable bonds is 5. The number of sulfonamides is 1. The molecule has 1 aromatic rings. The molecule has 6 heteroatoms. The van der Waals surface area contributed by atoms with E-state index in [4.69, 9.17) is 10.5 Å². The first-order valence-corrected chi connectivity index (χ1v) is 7.35. The summed E-state index contributed by atoms with van der Waals surface area (Å²) in [6.07, 6.45) is 1.08. The van der Waals surface area contributed by atoms with Crippen LogP contribution in [0.2, 0.25) is 0 Å². The Morgan fingerprint density at radius 2 is 2.17 bits per heavy atom. The van der Waals surface area contributed by atoms with Crippen molar-refractivity contribution >= 4 is 15.7 Å². The average Bonchev–Trinajstić information content (AvgIpc) is 3.02. The molecule has 2 rings (SSSR count). The molecular weight excluding hydrogens is 252 g/mol. The molecule has 1 aliphatic rings. The van der Waals surface area contributed by atoms with Gasteiger partial charge in [0.15, 0.2) is 0 Å². The number of nitrogens with one attached hydrogen (secondary N) is 1. The van der Waals surface area contributed by atoms with Crippen molar-refractivity contribution in [1.29, 1.82) is 0 Å². The zero-order chi connectivity index (χ0) is 13.3. The molecule has 18 heavy (non-hydrogen) atoms. The number of nitrogen functional groups attached to an aromatic ring is 1. The Kier molecular flexibility index (Phi) is 3.49. The van der Waals surface area contributed by atoms with Gasteiger partial charge < -0.3 is 10.5 Å². The van der Waals surface area contributed by atoms with E-state index in [2.05, 4.69) is 11.6 Å². The van der Waals surface area contributed by atoms with Crippen LogP contribution in [0.1, 0.15) is 13.3 Å². The highest BCUT2D eigenvalue weighted by Crippen LogP contribution is 2.37. The van der Waals surface area contributed by atoms with E-state index in [1.165, 1.54) is 19.2 Å². The van der Waals surface area contributed by atoms with E-state index in [1.807, 2.05) is 0 Å². The lowest BCUT2D eigenvalue weighted by Crippen LogP contribution is -2.26. The third kappa shape index (κ3) is 2.76. The molecule has 0 aromatic heterocycles. The fourth-order valence-corrected chi connectivity index (χ4v) is 3.08. The maximum Gasteiger partial charge on any atom is 0.242 e. The standard InChI is InChI=1S/C12H18N2O3S/c1-8-5-9(8)7-14-18(15,16)12-4-3-10(17-2)6-11(12)13/h3-4,6,8-9,14H,5,7,13H2,1-2H3. The SMILES string of the molecule is COc1ccc(S(=O)(=O)NCC2CC2C)c(N)c1. The molecular formula is C12H18N2O3S. The fraction of sp³-hybridized carbons (Fsp3) is 0.500. The largest absolute Gasteiger partial charge is 0.497 e. The number of benzene rings is 1. The van der Waals surface area contributed by atoms with E-state index < -0.39 is 10.0 Å². The summed E-state index contributed by atoms with van der Waals surface area (Å²) < 4.78 is 31.7. The third-order valence-corrected chi connectivity index (χ3v) is 4.82. The molecule has 1 aliphatic carbocycles. The van der Waals surface area contributed by atoms with Gasteiger partial charge in [-0.15, -0.1) is 0 Å². The summed E-state index contributed by atoms with van der Waals surface area (Å²) in [5.74, 6) is 1.61. The Bertz CT molecular complexity index is 542. The molecule has 0 radical (unpaired) electrons. The van der Waals surface area contributed by atoms with Crippen LogP contribution in [-0.4, -0.2) is 22.1 Å². The van der Waals surface area contributed by atoms with E-state index in [9.17, 15) is 8.42 Å². The molecule has 0 saturated heterocycles. The summed E-state index contributed by atoms with van der Waals surface area (Å²) in [7, 11) is -2.02. The van der Waals surface area contributed by atoms with Crippen molar-refractivity contribution in [2.45, 2.75) is 18.2 Å². The minimum absolute atomic E-state index is 0.108. The molecule has 2 atom stereocenters. The summed E-state index contributed by atoms with van der Waals surface area (Å²) in [6.45, 7) is 2.59. The van der Waals surface area contributed by atoms with E-state index in [1.54, 1.807) is 6.07 Å². The van der Waals surface area contributed by atoms with Gasteiger partial charge in [-0.1, -0.05) is 6.92 Å². The Morgan fingerprint density at radius 1 is 1.50 bits per heavy atom. The van der Waals surface area contributed by atoms with Crippen molar-refractivity contribution in [2.75, 3.05) is 19.4 Å². The molecule has 5 nitrogen and oxygen atoms in total. The van der Waals surface area contributed by atoms with Gasteiger partial charge >= 0.3 is 0 Å². The van der Waals surface area contributed by atoms with Gasteiger partial charge in [0.25, 0.3) is 0 Å². The van der Waals surface area contributed by atoms with Gasteiger partial charge in [-0.2, -0.15) is 0 Å². The molecule has 1 aromatic carbocycles. The Labute approximate surface area is 107 Å². The lowest BCUT2D eigenvalue weighted by atomic mass is 10.3. The second kappa shape index (κ2) is 4.78. The van der Waals surface area contributed by atoms with Crippen LogP contribution in [0.4, 0.5) is 5.69 Å². The van der Waals surface area contributed by atoms with Gasteiger partial charge in [-0.3, -0.25) is 0 Å². The summed E-state index contributed by atoms with van der Waals surface area (Å²) in [5.41, 5.74) is 5.93. The smallest absolute Gasteiger partial charge is 0.242 e. The number of methoxy groups -OCH3 is 1. The number of anilines is 1. The van der Waals surface area contributed by atoms with Crippen LogP contribution in [-0.2, 0) is 10.0 Å². The predicted molar refractivity (Wildman–Crippen MR) is 69.9 cm³/mol. The zero-order valence-electron chi connectivity index (χ0n) is 10.5. The van der Waals surface area contributed by atoms with Crippen molar-refractivity contribution in [3.63, 3.8) is 0 Å². The molecule has 2 unspecified atom stereocenters. The molecule has 1 saturated carbocycles. The van der Waals surface area contributed by atoms with Crippen LogP contribution in [0.25, 0.3) is 0 Å². The highest BCUT2D eigenvalue weighted by molar-refractivity contribution is 7.89. The lowest BCUT2D eigenvalue weighted by Gasteiger charge is -2.10. The van der Waals surface area contributed by atoms with Crippen LogP contribution in [0, 0.1) is 11.8 Å². The monoisotopic (exact) mass is 270 g/mol. The van der Waals surface area contributed by atoms with E-state index in [0.717, 1.165) is 6.42 Å². The van der Waals surface area contributed by atoms with Crippen molar-refractivity contribution in [3.05, 3.63) is 18.2 Å². The number of nitrogens with two attached hydrogens (primary N) is 1. The topological polar surface area (TPSA) is 81.4 Å². The van der Waals surface area contributed by atoms with Crippen molar-refractivity contribution in [1.82, 2.24) is 4.72 Å². The van der Waals surface area contributed by atoms with Crippen LogP contribution >= 0.6 is 0 Å². The van der Waals surface area contributed by atoms with Gasteiger partial charge in [0.2, 0.25) is 10.0 Å². The number of hydrogen-bond acceptors (Lipinski definition) is 4. The zero-order valence-corrected chi connectivity index (χ0v) is 11.3. The molecule has 0 bridgehead atoms. The maximum atomic E-state index is 12.1. The third-order valence-electron chi connectivity index (χ3n) is 3.32. The molecule has 100 valence electrons. The first-order chi connectivity index (χ1) is 8.44. The predicted octanol–water partition coefficient (Wildman–Crippen LogP) is 1.21. The normalized spacial score (nSPS) is 22.8. The highest BCUT2D eigenvalue weighted by atomic mass is 32.2. The second-order valence-electron chi connectivity index (χ2n) is 4.73. The average molecular weight is 270 g/mol. The first kappa shape index (κ1) is 13.2. The summed E-state index contributed by atoms with van der Waals surface area (Å²) in [6, 6.07) is 4.56. The minimum atomic E-state index is -3.52. The molecule has 0 aliphatic heterocycles. The van der Waals surface area contributed by atoms with E-state index in [0.29, 0.717) is 24.1 Å². The van der Waals surface area contributed by atoms with Gasteiger partial charge in [-0.25, -0.2) is 13.1 Å². The van der Waals surface area contributed by atoms with E-state index in [-0.39, 0.29) is 10.6 Å². The molecule has 0 heterocycles. The van der Waals surface area contributed by atoms with Crippen molar-refractivity contribution < 1.29 is 13.2 Å². The minimum Gasteiger partial charge on any atom is -0.497 e. The van der Waals surface area contributed by atoms with Crippen molar-refractivity contribution in [3.8, 4) is 5.75 Å². The second-order valence-corrected chi connectivity index (χ2v) is 6.46. The summed E-state index contributed by atoms with van der Waals surface area (Å²) in [5, 5.41) is 0. The maximum absolute atomic E-state index is 12.1. The molecule has 1 fully saturated rings. The summed E-state index contributed by atoms with van der Waals surface area (Å²) >= 11 is 0. The van der Waals surface area contributed by atoms with Gasteiger partial charge in [0.1, 0.15) is 10.6 Å². The van der Waals surface area contributed by atoms with Crippen LogP contribution in [0.5, 0.6) is 5.75 Å². The van der Waals surface area contributed by atoms with Crippen molar-refractivity contribution in [2.24, 2.45) is 11.8 Å². The molecule has 0 amide bonds. The summed E-state index contributed by atoms with van der Waals surface area (Å²) in [4.78, 5) is 0.108. The molecule has 0 spiro atoms. The van der Waals surface area contributed by atoms with Gasteiger partial charge in [-0.05, 0) is 30.4 Å². The van der Waals surface area contributed by atoms with Crippen LogP contribution < -0.4 is 15.2 Å². The fourth-order valence-electron chi connectivity index (χ4n) is 1.88. The number of hydrogen-bond donors (Lipinski definition) is 2. The van der Waals surface area contributed by atoms with Gasteiger partial charge in [0, 0.05) is 12.6 Å². The Morgan fingerprint density at radius 3 is 2.67 bits per heavy atom. The lowest BCUT2D eigenvalue weighted by molar-refractivity contribution is 0.414. The van der Waals surface area contributed by atoms with Crippen LogP contribution in [0.3, 0.4) is 0 Å². The first-order valence-electron chi connectivity index (χ1n) is 5.87. The van der Waals surface area contributed by atoms with Gasteiger partial charge in [0.05, 0.1) is 12.8 Å². The number of ether oxygens (including phenoxy) is 1. The Hall–Kier alpha value is -1.27. The quantitative estimate of drug-likeness (QED) is 0.788. The molecule has 3 N–H and O–H groups in total. The Balaban J connectivity index is 2.13. The highest BCUT2D eigenvalue weighted by Gasteiger charge is 2.33. The van der Waals surface area contributed by atoms with Crippen LogP contribution in [0.15, 0.2) is 23.1 Å². The van der Waals surface area contributed by atoms with E-state index >= 15 is 0 Å².